The van der Waals surface area contributed by atoms with Crippen molar-refractivity contribution < 1.29 is 9.84 Å². The van der Waals surface area contributed by atoms with Crippen molar-refractivity contribution in [1.29, 1.82) is 0 Å². The molecule has 3 nitrogen and oxygen atoms in total. The van der Waals surface area contributed by atoms with Gasteiger partial charge < -0.3 is 14.7 Å². The van der Waals surface area contributed by atoms with Gasteiger partial charge in [0.2, 0.25) is 0 Å². The lowest BCUT2D eigenvalue weighted by molar-refractivity contribution is -0.00657. The van der Waals surface area contributed by atoms with E-state index in [4.69, 9.17) is 9.84 Å². The molecule has 1 aliphatic carbocycles. The molecule has 0 aromatic heterocycles. The first-order chi connectivity index (χ1) is 7.31. The molecule has 0 heterocycles. The predicted octanol–water partition coefficient (Wildman–Crippen LogP) is 1.65. The number of nitrogens with zero attached hydrogens (tertiary/aromatic N) is 1. The average Bonchev–Trinajstić information content (AvgIpc) is 2.29. The molecule has 0 radical (unpaired) electrons. The molecule has 1 aliphatic rings. The molecule has 1 rings (SSSR count). The number of aliphatic hydroxyl groups excluding tert-OH is 1. The summed E-state index contributed by atoms with van der Waals surface area (Å²) >= 11 is 0. The Bertz CT molecular complexity index is 152. The zero-order valence-electron chi connectivity index (χ0n) is 10.1. The summed E-state index contributed by atoms with van der Waals surface area (Å²) in [6, 6.07) is 0.758. The van der Waals surface area contributed by atoms with Gasteiger partial charge in [0.25, 0.3) is 0 Å². The summed E-state index contributed by atoms with van der Waals surface area (Å²) in [5.74, 6) is 0. The predicted molar refractivity (Wildman–Crippen MR) is 62.0 cm³/mol. The lowest BCUT2D eigenvalue weighted by atomic mass is 9.92. The number of aliphatic hydroxyl groups is 1. The van der Waals surface area contributed by atoms with Gasteiger partial charge in [-0.2, -0.15) is 0 Å². The van der Waals surface area contributed by atoms with Crippen LogP contribution in [-0.2, 0) is 4.74 Å². The minimum Gasteiger partial charge on any atom is -0.394 e. The standard InChI is InChI=1S/C12H25NO2/c1-3-13(4-2)11-5-7-12(8-6-11)15-10-9-14/h11-12,14H,3-10H2,1-2H3. The molecule has 0 unspecified atom stereocenters. The van der Waals surface area contributed by atoms with Crippen molar-refractivity contribution in [2.24, 2.45) is 0 Å². The maximum atomic E-state index is 8.68. The molecule has 0 saturated heterocycles. The molecule has 15 heavy (non-hydrogen) atoms. The van der Waals surface area contributed by atoms with E-state index in [1.165, 1.54) is 12.8 Å². The van der Waals surface area contributed by atoms with Crippen LogP contribution in [0.2, 0.25) is 0 Å². The van der Waals surface area contributed by atoms with Crippen LogP contribution in [0.25, 0.3) is 0 Å². The summed E-state index contributed by atoms with van der Waals surface area (Å²) in [7, 11) is 0. The summed E-state index contributed by atoms with van der Waals surface area (Å²) in [5.41, 5.74) is 0. The highest BCUT2D eigenvalue weighted by atomic mass is 16.5. The van der Waals surface area contributed by atoms with Gasteiger partial charge in [0.15, 0.2) is 0 Å². The maximum Gasteiger partial charge on any atom is 0.0701 e. The molecule has 0 bridgehead atoms. The third-order valence-corrected chi connectivity index (χ3v) is 3.42. The van der Waals surface area contributed by atoms with Crippen LogP contribution < -0.4 is 0 Å². The Morgan fingerprint density at radius 3 is 2.20 bits per heavy atom. The first-order valence-corrected chi connectivity index (χ1v) is 6.28. The molecule has 0 aliphatic heterocycles. The van der Waals surface area contributed by atoms with Crippen LogP contribution in [0.3, 0.4) is 0 Å². The topological polar surface area (TPSA) is 32.7 Å². The number of hydrogen-bond acceptors (Lipinski definition) is 3. The van der Waals surface area contributed by atoms with Crippen molar-refractivity contribution in [3.63, 3.8) is 0 Å². The maximum absolute atomic E-state index is 8.68. The molecule has 1 fully saturated rings. The highest BCUT2D eigenvalue weighted by molar-refractivity contribution is 4.79. The average molecular weight is 215 g/mol. The summed E-state index contributed by atoms with van der Waals surface area (Å²) in [4.78, 5) is 2.54. The normalized spacial score (nSPS) is 27.2. The Morgan fingerprint density at radius 1 is 1.13 bits per heavy atom. The van der Waals surface area contributed by atoms with E-state index in [9.17, 15) is 0 Å². The van der Waals surface area contributed by atoms with Gasteiger partial charge in [0, 0.05) is 6.04 Å². The minimum absolute atomic E-state index is 0.149. The van der Waals surface area contributed by atoms with Crippen molar-refractivity contribution in [2.75, 3.05) is 26.3 Å². The Kier molecular flexibility index (Phi) is 6.22. The van der Waals surface area contributed by atoms with Crippen molar-refractivity contribution in [3.05, 3.63) is 0 Å². The molecule has 90 valence electrons. The lowest BCUT2D eigenvalue weighted by Crippen LogP contribution is -2.39. The second-order valence-electron chi connectivity index (χ2n) is 4.25. The van der Waals surface area contributed by atoms with Gasteiger partial charge >= 0.3 is 0 Å². The summed E-state index contributed by atoms with van der Waals surface area (Å²) in [5, 5.41) is 8.68. The van der Waals surface area contributed by atoms with Gasteiger partial charge in [0.1, 0.15) is 0 Å². The van der Waals surface area contributed by atoms with E-state index >= 15 is 0 Å². The van der Waals surface area contributed by atoms with Gasteiger partial charge in [-0.1, -0.05) is 13.8 Å². The molecular weight excluding hydrogens is 190 g/mol. The molecule has 3 heteroatoms. The fourth-order valence-corrected chi connectivity index (χ4v) is 2.54. The third kappa shape index (κ3) is 4.09. The van der Waals surface area contributed by atoms with E-state index in [1.54, 1.807) is 0 Å². The minimum atomic E-state index is 0.149. The fraction of sp³-hybridized carbons (Fsp3) is 1.00. The third-order valence-electron chi connectivity index (χ3n) is 3.42. The highest BCUT2D eigenvalue weighted by Gasteiger charge is 2.24. The summed E-state index contributed by atoms with van der Waals surface area (Å²) < 4.78 is 5.56. The zero-order chi connectivity index (χ0) is 11.1. The van der Waals surface area contributed by atoms with E-state index < -0.39 is 0 Å². The summed E-state index contributed by atoms with van der Waals surface area (Å²) in [6.07, 6.45) is 5.20. The fourth-order valence-electron chi connectivity index (χ4n) is 2.54. The van der Waals surface area contributed by atoms with E-state index in [0.717, 1.165) is 32.0 Å². The Labute approximate surface area is 93.4 Å². The molecule has 0 aromatic rings. The molecular formula is C12H25NO2. The Balaban J connectivity index is 2.22. The van der Waals surface area contributed by atoms with Crippen molar-refractivity contribution in [2.45, 2.75) is 51.7 Å². The second-order valence-corrected chi connectivity index (χ2v) is 4.25. The first kappa shape index (κ1) is 12.9. The smallest absolute Gasteiger partial charge is 0.0701 e. The van der Waals surface area contributed by atoms with Gasteiger partial charge in [-0.3, -0.25) is 0 Å². The van der Waals surface area contributed by atoms with Crippen LogP contribution in [0.15, 0.2) is 0 Å². The van der Waals surface area contributed by atoms with Gasteiger partial charge in [-0.05, 0) is 38.8 Å². The van der Waals surface area contributed by atoms with Crippen molar-refractivity contribution in [1.82, 2.24) is 4.90 Å². The lowest BCUT2D eigenvalue weighted by Gasteiger charge is -2.35. The largest absolute Gasteiger partial charge is 0.394 e. The first-order valence-electron chi connectivity index (χ1n) is 6.28. The van der Waals surface area contributed by atoms with Crippen LogP contribution in [0, 0.1) is 0 Å². The van der Waals surface area contributed by atoms with E-state index in [-0.39, 0.29) is 6.61 Å². The quantitative estimate of drug-likeness (QED) is 0.731. The van der Waals surface area contributed by atoms with Crippen LogP contribution >= 0.6 is 0 Å². The summed E-state index contributed by atoms with van der Waals surface area (Å²) in [6.45, 7) is 7.43. The highest BCUT2D eigenvalue weighted by Crippen LogP contribution is 2.24. The Morgan fingerprint density at radius 2 is 1.73 bits per heavy atom. The number of hydrogen-bond donors (Lipinski definition) is 1. The SMILES string of the molecule is CCN(CC)C1CCC(OCCO)CC1. The van der Waals surface area contributed by atoms with Crippen LogP contribution in [0.4, 0.5) is 0 Å². The van der Waals surface area contributed by atoms with Gasteiger partial charge in [0.05, 0.1) is 19.3 Å². The second kappa shape index (κ2) is 7.20. The molecule has 0 amide bonds. The van der Waals surface area contributed by atoms with E-state index in [0.29, 0.717) is 12.7 Å². The number of rotatable bonds is 6. The van der Waals surface area contributed by atoms with E-state index in [2.05, 4.69) is 18.7 Å². The number of ether oxygens (including phenoxy) is 1. The zero-order valence-corrected chi connectivity index (χ0v) is 10.1. The van der Waals surface area contributed by atoms with Gasteiger partial charge in [-0.25, -0.2) is 0 Å². The van der Waals surface area contributed by atoms with Gasteiger partial charge in [-0.15, -0.1) is 0 Å². The van der Waals surface area contributed by atoms with Crippen LogP contribution in [0.5, 0.6) is 0 Å². The van der Waals surface area contributed by atoms with Crippen molar-refractivity contribution >= 4 is 0 Å². The molecule has 0 atom stereocenters. The Hall–Kier alpha value is -0.120. The van der Waals surface area contributed by atoms with Crippen LogP contribution in [-0.4, -0.2) is 48.5 Å². The van der Waals surface area contributed by atoms with Crippen LogP contribution in [0.1, 0.15) is 39.5 Å². The monoisotopic (exact) mass is 215 g/mol. The molecule has 1 N–H and O–H groups in total. The van der Waals surface area contributed by atoms with Crippen molar-refractivity contribution in [3.8, 4) is 0 Å². The molecule has 0 aromatic carbocycles. The van der Waals surface area contributed by atoms with E-state index in [1.807, 2.05) is 0 Å². The molecule has 0 spiro atoms. The molecule has 1 saturated carbocycles.